The lowest BCUT2D eigenvalue weighted by Crippen LogP contribution is -2.43. The summed E-state index contributed by atoms with van der Waals surface area (Å²) in [6, 6.07) is 7.97. The van der Waals surface area contributed by atoms with Crippen LogP contribution in [0.15, 0.2) is 24.3 Å². The van der Waals surface area contributed by atoms with Gasteiger partial charge in [0, 0.05) is 13.1 Å². The maximum absolute atomic E-state index is 6.29. The first-order valence-electron chi connectivity index (χ1n) is 10.6. The average molecular weight is 379 g/mol. The van der Waals surface area contributed by atoms with Crippen molar-refractivity contribution in [2.24, 2.45) is 0 Å². The van der Waals surface area contributed by atoms with Gasteiger partial charge in [-0.2, -0.15) is 0 Å². The number of hydrogen-bond donors (Lipinski definition) is 0. The highest BCUT2D eigenvalue weighted by Crippen LogP contribution is 2.30. The lowest BCUT2D eigenvalue weighted by Gasteiger charge is -2.28. The molecule has 0 aliphatic carbocycles. The molecule has 2 atom stereocenters. The van der Waals surface area contributed by atoms with Crippen LogP contribution < -0.4 is 9.47 Å². The van der Waals surface area contributed by atoms with Crippen molar-refractivity contribution in [1.82, 2.24) is 9.80 Å². The highest BCUT2D eigenvalue weighted by atomic mass is 16.6. The van der Waals surface area contributed by atoms with Crippen LogP contribution in [0.2, 0.25) is 0 Å². The van der Waals surface area contributed by atoms with Crippen LogP contribution in [0.4, 0.5) is 0 Å². The first-order chi connectivity index (χ1) is 13.2. The average Bonchev–Trinajstić information content (AvgIpc) is 2.76. The lowest BCUT2D eigenvalue weighted by atomic mass is 10.2. The van der Waals surface area contributed by atoms with Crippen LogP contribution in [0.25, 0.3) is 0 Å². The number of para-hydroxylation sites is 2. The predicted molar refractivity (Wildman–Crippen MR) is 110 cm³/mol. The number of rotatable bonds is 10. The Balaban J connectivity index is 2.06. The minimum absolute atomic E-state index is 0.101. The second kappa shape index (κ2) is 12.2. The lowest BCUT2D eigenvalue weighted by molar-refractivity contribution is -0.0634. The van der Waals surface area contributed by atoms with Crippen molar-refractivity contribution in [3.63, 3.8) is 0 Å². The van der Waals surface area contributed by atoms with E-state index in [1.165, 1.54) is 38.5 Å². The Morgan fingerprint density at radius 2 is 1.22 bits per heavy atom. The second-order valence-corrected chi connectivity index (χ2v) is 7.50. The van der Waals surface area contributed by atoms with E-state index in [0.717, 1.165) is 24.6 Å². The minimum atomic E-state index is -0.101. The van der Waals surface area contributed by atoms with E-state index in [2.05, 4.69) is 37.7 Å². The molecule has 1 aromatic carbocycles. The Morgan fingerprint density at radius 1 is 0.778 bits per heavy atom. The fourth-order valence-corrected chi connectivity index (χ4v) is 3.22. The molecule has 0 aromatic heterocycles. The third kappa shape index (κ3) is 7.32. The first-order valence-corrected chi connectivity index (χ1v) is 10.6. The van der Waals surface area contributed by atoms with Crippen LogP contribution in [0.3, 0.4) is 0 Å². The zero-order valence-corrected chi connectivity index (χ0v) is 17.7. The molecule has 0 N–H and O–H groups in total. The zero-order chi connectivity index (χ0) is 19.5. The molecule has 0 saturated carbocycles. The molecule has 5 nitrogen and oxygen atoms in total. The summed E-state index contributed by atoms with van der Waals surface area (Å²) in [7, 11) is 4.22. The van der Waals surface area contributed by atoms with E-state index >= 15 is 0 Å². The van der Waals surface area contributed by atoms with Gasteiger partial charge in [0.25, 0.3) is 0 Å². The molecule has 5 heteroatoms. The largest absolute Gasteiger partial charge is 0.469 e. The number of ether oxygens (including phenoxy) is 3. The van der Waals surface area contributed by atoms with E-state index in [-0.39, 0.29) is 12.5 Å². The van der Waals surface area contributed by atoms with Crippen molar-refractivity contribution in [2.75, 3.05) is 40.4 Å². The van der Waals surface area contributed by atoms with E-state index < -0.39 is 0 Å². The van der Waals surface area contributed by atoms with Gasteiger partial charge in [-0.05, 0) is 39.1 Å². The Hall–Kier alpha value is -1.30. The number of nitrogens with zero attached hydrogens (tertiary/aromatic N) is 2. The third-order valence-corrected chi connectivity index (χ3v) is 5.11. The van der Waals surface area contributed by atoms with Gasteiger partial charge >= 0.3 is 0 Å². The van der Waals surface area contributed by atoms with E-state index in [1.807, 2.05) is 24.3 Å². The predicted octanol–water partition coefficient (Wildman–Crippen LogP) is 4.37. The molecule has 1 aliphatic heterocycles. The molecule has 0 fully saturated rings. The molecule has 1 aliphatic rings. The standard InChI is InChI=1S/C22H38N2O3/c1-5-7-11-15-23(3)21-17-25-18-22(24(4)16-12-8-6-2)27-20-14-10-9-13-19(20)26-21/h9-10,13-14,21-22H,5-8,11-12,15-18H2,1-4H3. The Kier molecular flexibility index (Phi) is 9.95. The van der Waals surface area contributed by atoms with Gasteiger partial charge in [0.1, 0.15) is 0 Å². The fourth-order valence-electron chi connectivity index (χ4n) is 3.22. The highest BCUT2D eigenvalue weighted by molar-refractivity contribution is 5.39. The maximum Gasteiger partial charge on any atom is 0.176 e. The van der Waals surface area contributed by atoms with Crippen molar-refractivity contribution >= 4 is 0 Å². The summed E-state index contributed by atoms with van der Waals surface area (Å²) >= 11 is 0. The van der Waals surface area contributed by atoms with Crippen molar-refractivity contribution < 1.29 is 14.2 Å². The van der Waals surface area contributed by atoms with Crippen LogP contribution in [0.5, 0.6) is 11.5 Å². The summed E-state index contributed by atoms with van der Waals surface area (Å²) in [6.07, 6.45) is 7.06. The molecule has 154 valence electrons. The summed E-state index contributed by atoms with van der Waals surface area (Å²) in [6.45, 7) is 7.55. The Labute approximate surface area is 165 Å². The topological polar surface area (TPSA) is 34.2 Å². The summed E-state index contributed by atoms with van der Waals surface area (Å²) in [4.78, 5) is 4.50. The zero-order valence-electron chi connectivity index (χ0n) is 17.7. The number of benzene rings is 1. The van der Waals surface area contributed by atoms with Crippen molar-refractivity contribution in [3.8, 4) is 11.5 Å². The van der Waals surface area contributed by atoms with E-state index in [9.17, 15) is 0 Å². The fraction of sp³-hybridized carbons (Fsp3) is 0.727. The summed E-state index contributed by atoms with van der Waals surface area (Å²) in [5, 5.41) is 0. The molecule has 27 heavy (non-hydrogen) atoms. The molecule has 0 bridgehead atoms. The molecule has 0 amide bonds. The first kappa shape index (κ1) is 22.0. The van der Waals surface area contributed by atoms with E-state index in [4.69, 9.17) is 14.2 Å². The second-order valence-electron chi connectivity index (χ2n) is 7.50. The summed E-state index contributed by atoms with van der Waals surface area (Å²) in [5.41, 5.74) is 0. The Bertz CT molecular complexity index is 481. The van der Waals surface area contributed by atoms with E-state index in [1.54, 1.807) is 0 Å². The highest BCUT2D eigenvalue weighted by Gasteiger charge is 2.25. The minimum Gasteiger partial charge on any atom is -0.469 e. The molecule has 0 spiro atoms. The smallest absolute Gasteiger partial charge is 0.176 e. The monoisotopic (exact) mass is 378 g/mol. The maximum atomic E-state index is 6.29. The van der Waals surface area contributed by atoms with Gasteiger partial charge in [0.05, 0.1) is 13.2 Å². The number of unbranched alkanes of at least 4 members (excludes halogenated alkanes) is 4. The van der Waals surface area contributed by atoms with Gasteiger partial charge in [0.2, 0.25) is 0 Å². The molecular formula is C22H38N2O3. The van der Waals surface area contributed by atoms with Gasteiger partial charge in [0.15, 0.2) is 24.0 Å². The number of fused-ring (bicyclic) bond motifs is 1. The van der Waals surface area contributed by atoms with Crippen LogP contribution in [0.1, 0.15) is 52.4 Å². The van der Waals surface area contributed by atoms with E-state index in [0.29, 0.717) is 13.2 Å². The molecule has 2 rings (SSSR count). The van der Waals surface area contributed by atoms with Gasteiger partial charge in [-0.25, -0.2) is 0 Å². The summed E-state index contributed by atoms with van der Waals surface area (Å²) in [5.74, 6) is 1.59. The molecule has 1 heterocycles. The third-order valence-electron chi connectivity index (χ3n) is 5.11. The molecule has 2 unspecified atom stereocenters. The van der Waals surface area contributed by atoms with Gasteiger partial charge in [-0.15, -0.1) is 0 Å². The van der Waals surface area contributed by atoms with Crippen LogP contribution in [-0.2, 0) is 4.74 Å². The SMILES string of the molecule is CCCCCN(C)C1COCC(N(C)CCCCC)Oc2ccccc2O1. The number of hydrogen-bond acceptors (Lipinski definition) is 5. The van der Waals surface area contributed by atoms with Crippen LogP contribution in [0, 0.1) is 0 Å². The molecule has 0 saturated heterocycles. The normalized spacial score (nSPS) is 20.4. The van der Waals surface area contributed by atoms with Gasteiger partial charge < -0.3 is 14.2 Å². The quantitative estimate of drug-likeness (QED) is 0.565. The van der Waals surface area contributed by atoms with Gasteiger partial charge in [-0.3, -0.25) is 9.80 Å². The number of likely N-dealkylation sites (N-methyl/N-ethyl adjacent to an activating group) is 2. The van der Waals surface area contributed by atoms with Crippen molar-refractivity contribution in [1.29, 1.82) is 0 Å². The molecular weight excluding hydrogens is 340 g/mol. The van der Waals surface area contributed by atoms with Crippen molar-refractivity contribution in [2.45, 2.75) is 64.8 Å². The Morgan fingerprint density at radius 3 is 1.63 bits per heavy atom. The molecule has 0 radical (unpaired) electrons. The van der Waals surface area contributed by atoms with Crippen LogP contribution >= 0.6 is 0 Å². The summed E-state index contributed by atoms with van der Waals surface area (Å²) < 4.78 is 18.6. The van der Waals surface area contributed by atoms with Gasteiger partial charge in [-0.1, -0.05) is 51.7 Å². The van der Waals surface area contributed by atoms with Crippen molar-refractivity contribution in [3.05, 3.63) is 24.3 Å². The molecule has 1 aromatic rings. The van der Waals surface area contributed by atoms with Crippen LogP contribution in [-0.4, -0.2) is 62.7 Å².